The first-order chi connectivity index (χ1) is 12.6. The van der Waals surface area contributed by atoms with E-state index in [1.807, 2.05) is 42.3 Å². The molecule has 1 aliphatic carbocycles. The number of likely N-dealkylation sites (N-methyl/N-ethyl adjacent to an activating group) is 1. The summed E-state index contributed by atoms with van der Waals surface area (Å²) in [5.41, 5.74) is 3.63. The number of aromatic nitrogens is 1. The molecule has 0 spiro atoms. The van der Waals surface area contributed by atoms with Gasteiger partial charge in [0.1, 0.15) is 5.75 Å². The molecule has 2 aromatic carbocycles. The Labute approximate surface area is 153 Å². The minimum atomic E-state index is 0.101. The van der Waals surface area contributed by atoms with Gasteiger partial charge >= 0.3 is 0 Å². The third kappa shape index (κ3) is 3.07. The van der Waals surface area contributed by atoms with E-state index in [1.165, 1.54) is 16.5 Å². The number of fused-ring (bicyclic) bond motifs is 1. The first-order valence-electron chi connectivity index (χ1n) is 9.05. The number of carbonyl (C=O) groups is 1. The Morgan fingerprint density at radius 3 is 2.58 bits per heavy atom. The third-order valence-corrected chi connectivity index (χ3v) is 5.49. The van der Waals surface area contributed by atoms with Gasteiger partial charge in [0.15, 0.2) is 0 Å². The van der Waals surface area contributed by atoms with Crippen LogP contribution >= 0.6 is 0 Å². The number of hydrogen-bond acceptors (Lipinski definition) is 2. The molecule has 134 valence electrons. The largest absolute Gasteiger partial charge is 0.497 e. The molecule has 4 heteroatoms. The van der Waals surface area contributed by atoms with Gasteiger partial charge in [0.2, 0.25) is 5.91 Å². The fourth-order valence-electron chi connectivity index (χ4n) is 3.77. The summed E-state index contributed by atoms with van der Waals surface area (Å²) < 4.78 is 5.17. The molecule has 1 aromatic heterocycles. The molecule has 0 radical (unpaired) electrons. The first-order valence-corrected chi connectivity index (χ1v) is 9.05. The lowest BCUT2D eigenvalue weighted by molar-refractivity contribution is -0.129. The van der Waals surface area contributed by atoms with Crippen molar-refractivity contribution in [2.45, 2.75) is 24.7 Å². The predicted octanol–water partition coefficient (Wildman–Crippen LogP) is 3.91. The van der Waals surface area contributed by atoms with Crippen LogP contribution in [0.15, 0.2) is 54.7 Å². The van der Waals surface area contributed by atoms with Crippen molar-refractivity contribution >= 4 is 16.8 Å². The number of carbonyl (C=O) groups excluding carboxylic acids is 1. The Morgan fingerprint density at radius 2 is 1.88 bits per heavy atom. The molecule has 1 amide bonds. The second-order valence-corrected chi connectivity index (χ2v) is 7.30. The highest BCUT2D eigenvalue weighted by atomic mass is 16.5. The monoisotopic (exact) mass is 348 g/mol. The topological polar surface area (TPSA) is 45.3 Å². The molecule has 26 heavy (non-hydrogen) atoms. The van der Waals surface area contributed by atoms with Crippen LogP contribution in [0.1, 0.15) is 24.0 Å². The second-order valence-electron chi connectivity index (χ2n) is 7.30. The summed E-state index contributed by atoms with van der Waals surface area (Å²) >= 11 is 0. The number of hydrogen-bond donors (Lipinski definition) is 1. The Bertz CT molecular complexity index is 923. The minimum Gasteiger partial charge on any atom is -0.497 e. The van der Waals surface area contributed by atoms with Crippen molar-refractivity contribution in [1.29, 1.82) is 0 Å². The molecule has 0 unspecified atom stereocenters. The van der Waals surface area contributed by atoms with Gasteiger partial charge in [0, 0.05) is 36.1 Å². The second kappa shape index (κ2) is 6.52. The molecular formula is C22H24N2O2. The summed E-state index contributed by atoms with van der Waals surface area (Å²) in [7, 11) is 3.56. The summed E-state index contributed by atoms with van der Waals surface area (Å²) in [6, 6.07) is 16.1. The lowest BCUT2D eigenvalue weighted by Gasteiger charge is -2.24. The molecule has 0 atom stereocenters. The predicted molar refractivity (Wildman–Crippen MR) is 104 cm³/mol. The van der Waals surface area contributed by atoms with Gasteiger partial charge in [0.25, 0.3) is 0 Å². The van der Waals surface area contributed by atoms with Crippen molar-refractivity contribution in [2.24, 2.45) is 0 Å². The van der Waals surface area contributed by atoms with Gasteiger partial charge in [-0.3, -0.25) is 4.79 Å². The van der Waals surface area contributed by atoms with E-state index in [1.54, 1.807) is 7.11 Å². The van der Waals surface area contributed by atoms with Crippen LogP contribution in [0.2, 0.25) is 0 Å². The number of methoxy groups -OCH3 is 1. The Kier molecular flexibility index (Phi) is 4.19. The zero-order valence-corrected chi connectivity index (χ0v) is 15.3. The van der Waals surface area contributed by atoms with Gasteiger partial charge < -0.3 is 14.6 Å². The van der Waals surface area contributed by atoms with E-state index in [-0.39, 0.29) is 11.3 Å². The van der Waals surface area contributed by atoms with E-state index >= 15 is 0 Å². The fourth-order valence-corrected chi connectivity index (χ4v) is 3.77. The van der Waals surface area contributed by atoms with Gasteiger partial charge in [0.05, 0.1) is 13.5 Å². The number of benzene rings is 2. The quantitative estimate of drug-likeness (QED) is 0.734. The summed E-state index contributed by atoms with van der Waals surface area (Å²) in [4.78, 5) is 18.0. The van der Waals surface area contributed by atoms with E-state index < -0.39 is 0 Å². The molecule has 3 aromatic rings. The van der Waals surface area contributed by atoms with Crippen molar-refractivity contribution in [3.63, 3.8) is 0 Å². The highest BCUT2D eigenvalue weighted by molar-refractivity contribution is 5.85. The Morgan fingerprint density at radius 1 is 1.15 bits per heavy atom. The molecule has 4 rings (SSSR count). The van der Waals surface area contributed by atoms with Crippen LogP contribution < -0.4 is 4.74 Å². The molecule has 0 saturated heterocycles. The maximum atomic E-state index is 12.7. The van der Waals surface area contributed by atoms with Crippen LogP contribution in [0.25, 0.3) is 10.9 Å². The van der Waals surface area contributed by atoms with Crippen molar-refractivity contribution in [3.05, 3.63) is 65.9 Å². The van der Waals surface area contributed by atoms with Gasteiger partial charge in [-0.25, -0.2) is 0 Å². The van der Waals surface area contributed by atoms with Gasteiger partial charge in [-0.2, -0.15) is 0 Å². The Balaban J connectivity index is 1.46. The summed E-state index contributed by atoms with van der Waals surface area (Å²) in [6.45, 7) is 0.768. The fraction of sp³-hybridized carbons (Fsp3) is 0.318. The number of H-pyrrole nitrogens is 1. The number of amides is 1. The zero-order valence-electron chi connectivity index (χ0n) is 15.3. The van der Waals surface area contributed by atoms with Crippen LogP contribution in [-0.2, 0) is 16.6 Å². The maximum Gasteiger partial charge on any atom is 0.226 e. The normalized spacial score (nSPS) is 15.0. The van der Waals surface area contributed by atoms with Crippen molar-refractivity contribution in [3.8, 4) is 5.75 Å². The third-order valence-electron chi connectivity index (χ3n) is 5.49. The minimum absolute atomic E-state index is 0.101. The van der Waals surface area contributed by atoms with E-state index in [2.05, 4.69) is 29.4 Å². The average Bonchev–Trinajstić information content (AvgIpc) is 3.30. The number of rotatable bonds is 6. The molecule has 1 N–H and O–H groups in total. The number of ether oxygens (including phenoxy) is 1. The Hall–Kier alpha value is -2.75. The average molecular weight is 348 g/mol. The standard InChI is InChI=1S/C22H24N2O2/c1-24(21(25)13-16-7-9-17(26-2)10-8-16)15-22(11-12-22)19-14-23-20-6-4-3-5-18(19)20/h3-10,14,23H,11-13,15H2,1-2H3. The smallest absolute Gasteiger partial charge is 0.226 e. The van der Waals surface area contributed by atoms with Crippen molar-refractivity contribution in [1.82, 2.24) is 9.88 Å². The summed E-state index contributed by atoms with van der Waals surface area (Å²) in [6.07, 6.45) is 4.81. The van der Waals surface area contributed by atoms with E-state index in [0.29, 0.717) is 6.42 Å². The highest BCUT2D eigenvalue weighted by Crippen LogP contribution is 2.50. The van der Waals surface area contributed by atoms with Crippen LogP contribution in [0, 0.1) is 0 Å². The van der Waals surface area contributed by atoms with Crippen molar-refractivity contribution < 1.29 is 9.53 Å². The van der Waals surface area contributed by atoms with Crippen LogP contribution in [0.3, 0.4) is 0 Å². The highest BCUT2D eigenvalue weighted by Gasteiger charge is 2.47. The van der Waals surface area contributed by atoms with Crippen molar-refractivity contribution in [2.75, 3.05) is 20.7 Å². The number of nitrogens with zero attached hydrogens (tertiary/aromatic N) is 1. The summed E-state index contributed by atoms with van der Waals surface area (Å²) in [5, 5.41) is 1.28. The van der Waals surface area contributed by atoms with Crippen LogP contribution in [-0.4, -0.2) is 36.5 Å². The zero-order chi connectivity index (χ0) is 18.1. The number of nitrogens with one attached hydrogen (secondary N) is 1. The maximum absolute atomic E-state index is 12.7. The molecule has 4 nitrogen and oxygen atoms in total. The molecule has 1 aliphatic rings. The molecule has 1 fully saturated rings. The molecular weight excluding hydrogens is 324 g/mol. The van der Waals surface area contributed by atoms with Crippen LogP contribution in [0.5, 0.6) is 5.75 Å². The number of para-hydroxylation sites is 1. The van der Waals surface area contributed by atoms with Gasteiger partial charge in [-0.1, -0.05) is 30.3 Å². The van der Waals surface area contributed by atoms with E-state index in [9.17, 15) is 4.79 Å². The SMILES string of the molecule is COc1ccc(CC(=O)N(C)CC2(c3c[nH]c4ccccc34)CC2)cc1. The van der Waals surface area contributed by atoms with Gasteiger partial charge in [-0.05, 0) is 42.2 Å². The molecule has 0 aliphatic heterocycles. The summed E-state index contributed by atoms with van der Waals surface area (Å²) in [5.74, 6) is 0.965. The van der Waals surface area contributed by atoms with E-state index in [0.717, 1.165) is 30.7 Å². The van der Waals surface area contributed by atoms with Gasteiger partial charge in [-0.15, -0.1) is 0 Å². The molecule has 0 bridgehead atoms. The molecule has 1 heterocycles. The number of aromatic amines is 1. The van der Waals surface area contributed by atoms with E-state index in [4.69, 9.17) is 4.74 Å². The molecule has 1 saturated carbocycles. The lowest BCUT2D eigenvalue weighted by atomic mass is 9.94. The van der Waals surface area contributed by atoms with Crippen LogP contribution in [0.4, 0.5) is 0 Å². The lowest BCUT2D eigenvalue weighted by Crippen LogP contribution is -2.35. The first kappa shape index (κ1) is 16.7.